The average Bonchev–Trinajstić information content (AvgIpc) is 2.48. The minimum Gasteiger partial charge on any atom is -0.398 e. The molecule has 0 spiro atoms. The molecule has 1 aromatic carbocycles. The van der Waals surface area contributed by atoms with Gasteiger partial charge in [-0.15, -0.1) is 11.3 Å². The maximum atomic E-state index is 5.93. The molecule has 0 unspecified atom stereocenters. The Balaban J connectivity index is 2.80. The molecule has 4 heteroatoms. The van der Waals surface area contributed by atoms with E-state index in [1.807, 2.05) is 6.07 Å². The van der Waals surface area contributed by atoms with Crippen molar-refractivity contribution in [1.82, 2.24) is 0 Å². The van der Waals surface area contributed by atoms with E-state index < -0.39 is 0 Å². The molecular weight excluding hydrogens is 361 g/mol. The van der Waals surface area contributed by atoms with Crippen LogP contribution in [0.15, 0.2) is 17.5 Å². The topological polar surface area (TPSA) is 26.0 Å². The number of benzene rings is 1. The zero-order valence-electron chi connectivity index (χ0n) is 6.68. The summed E-state index contributed by atoms with van der Waals surface area (Å²) < 4.78 is 2.49. The number of hydrogen-bond acceptors (Lipinski definition) is 2. The number of nitrogens with two attached hydrogens (primary N) is 1. The van der Waals surface area contributed by atoms with Crippen LogP contribution in [0.3, 0.4) is 0 Å². The Kier molecular flexibility index (Phi) is 2.80. The van der Waals surface area contributed by atoms with Crippen LogP contribution in [-0.4, -0.2) is 0 Å². The second-order valence-electron chi connectivity index (χ2n) is 2.78. The highest BCUT2D eigenvalue weighted by molar-refractivity contribution is 14.1. The molecule has 0 bridgehead atoms. The number of anilines is 1. The fraction of sp³-hybridized carbons (Fsp3) is 0.111. The molecule has 0 saturated carbocycles. The second kappa shape index (κ2) is 3.74. The van der Waals surface area contributed by atoms with Gasteiger partial charge in [-0.1, -0.05) is 15.9 Å². The fourth-order valence-corrected chi connectivity index (χ4v) is 3.43. The summed E-state index contributed by atoms with van der Waals surface area (Å²) >= 11 is 7.49. The number of rotatable bonds is 1. The van der Waals surface area contributed by atoms with Crippen LogP contribution in [-0.2, 0) is 5.33 Å². The Hall–Kier alpha value is 0.190. The molecule has 0 amide bonds. The number of nitrogen functional groups attached to an aromatic ring is 1. The minimum absolute atomic E-state index is 0.860. The van der Waals surface area contributed by atoms with Gasteiger partial charge in [0.15, 0.2) is 0 Å². The predicted molar refractivity (Wildman–Crippen MR) is 71.6 cm³/mol. The third-order valence-electron chi connectivity index (χ3n) is 1.87. The summed E-state index contributed by atoms with van der Waals surface area (Å²) in [5.41, 5.74) is 8.06. The van der Waals surface area contributed by atoms with Crippen molar-refractivity contribution >= 4 is 65.6 Å². The van der Waals surface area contributed by atoms with Gasteiger partial charge in [0.1, 0.15) is 0 Å². The van der Waals surface area contributed by atoms with Gasteiger partial charge in [0.05, 0.1) is 4.70 Å². The van der Waals surface area contributed by atoms with E-state index in [9.17, 15) is 0 Å². The summed E-state index contributed by atoms with van der Waals surface area (Å²) in [7, 11) is 0. The highest BCUT2D eigenvalue weighted by Crippen LogP contribution is 2.33. The molecule has 0 radical (unpaired) electrons. The highest BCUT2D eigenvalue weighted by atomic mass is 127. The van der Waals surface area contributed by atoms with Crippen molar-refractivity contribution in [3.05, 3.63) is 26.6 Å². The zero-order valence-corrected chi connectivity index (χ0v) is 11.2. The minimum atomic E-state index is 0.860. The van der Waals surface area contributed by atoms with Crippen LogP contribution in [0.4, 0.5) is 5.69 Å². The highest BCUT2D eigenvalue weighted by Gasteiger charge is 2.05. The standard InChI is InChI=1S/C9H7BrINS/c10-3-5-1-6-7(11)4-13-9(6)8(12)2-5/h1-2,4H,3,12H2. The second-order valence-corrected chi connectivity index (χ2v) is 5.38. The predicted octanol–water partition coefficient (Wildman–Crippen LogP) is 3.98. The van der Waals surface area contributed by atoms with E-state index in [2.05, 4.69) is 50.0 Å². The van der Waals surface area contributed by atoms with Crippen LogP contribution in [0.5, 0.6) is 0 Å². The SMILES string of the molecule is Nc1cc(CBr)cc2c(I)csc12. The number of alkyl halides is 1. The molecule has 0 atom stereocenters. The first-order valence-electron chi connectivity index (χ1n) is 3.73. The van der Waals surface area contributed by atoms with Crippen LogP contribution in [0, 0.1) is 3.57 Å². The van der Waals surface area contributed by atoms with Crippen LogP contribution in [0.2, 0.25) is 0 Å². The van der Waals surface area contributed by atoms with Gasteiger partial charge < -0.3 is 5.73 Å². The Labute approximate surface area is 103 Å². The first kappa shape index (κ1) is 9.73. The Morgan fingerprint density at radius 2 is 2.23 bits per heavy atom. The smallest absolute Gasteiger partial charge is 0.0583 e. The third kappa shape index (κ3) is 1.71. The van der Waals surface area contributed by atoms with E-state index in [0.717, 1.165) is 11.0 Å². The lowest BCUT2D eigenvalue weighted by Crippen LogP contribution is -1.87. The van der Waals surface area contributed by atoms with Crippen molar-refractivity contribution < 1.29 is 0 Å². The van der Waals surface area contributed by atoms with Crippen molar-refractivity contribution in [2.75, 3.05) is 5.73 Å². The van der Waals surface area contributed by atoms with E-state index in [4.69, 9.17) is 5.73 Å². The third-order valence-corrected chi connectivity index (χ3v) is 4.88. The molecule has 0 fully saturated rings. The molecular formula is C9H7BrINS. The van der Waals surface area contributed by atoms with E-state index in [1.165, 1.54) is 19.2 Å². The summed E-state index contributed by atoms with van der Waals surface area (Å²) in [6, 6.07) is 4.22. The first-order chi connectivity index (χ1) is 6.22. The molecule has 2 rings (SSSR count). The van der Waals surface area contributed by atoms with Crippen molar-refractivity contribution in [2.24, 2.45) is 0 Å². The monoisotopic (exact) mass is 367 g/mol. The van der Waals surface area contributed by atoms with Crippen LogP contribution < -0.4 is 5.73 Å². The maximum absolute atomic E-state index is 5.93. The number of halogens is 2. The van der Waals surface area contributed by atoms with Crippen molar-refractivity contribution in [1.29, 1.82) is 0 Å². The molecule has 0 aliphatic rings. The molecule has 1 aromatic heterocycles. The number of hydrogen-bond donors (Lipinski definition) is 1. The molecule has 0 aliphatic heterocycles. The van der Waals surface area contributed by atoms with Gasteiger partial charge in [0.25, 0.3) is 0 Å². The molecule has 2 N–H and O–H groups in total. The van der Waals surface area contributed by atoms with Crippen molar-refractivity contribution in [2.45, 2.75) is 5.33 Å². The molecule has 1 heterocycles. The summed E-state index contributed by atoms with van der Waals surface area (Å²) in [4.78, 5) is 0. The average molecular weight is 368 g/mol. The normalized spacial score (nSPS) is 10.9. The lowest BCUT2D eigenvalue weighted by atomic mass is 10.1. The largest absolute Gasteiger partial charge is 0.398 e. The van der Waals surface area contributed by atoms with Gasteiger partial charge in [-0.3, -0.25) is 0 Å². The van der Waals surface area contributed by atoms with Gasteiger partial charge in [-0.2, -0.15) is 0 Å². The number of fused-ring (bicyclic) bond motifs is 1. The van der Waals surface area contributed by atoms with Gasteiger partial charge >= 0.3 is 0 Å². The van der Waals surface area contributed by atoms with Gasteiger partial charge in [0, 0.05) is 25.4 Å². The lowest BCUT2D eigenvalue weighted by Gasteiger charge is -2.00. The van der Waals surface area contributed by atoms with E-state index >= 15 is 0 Å². The van der Waals surface area contributed by atoms with Gasteiger partial charge in [0.2, 0.25) is 0 Å². The van der Waals surface area contributed by atoms with Crippen molar-refractivity contribution in [3.63, 3.8) is 0 Å². The molecule has 0 saturated heterocycles. The fourth-order valence-electron chi connectivity index (χ4n) is 1.27. The molecule has 13 heavy (non-hydrogen) atoms. The summed E-state index contributed by atoms with van der Waals surface area (Å²) in [5, 5.41) is 4.28. The number of thiophene rings is 1. The molecule has 1 nitrogen and oxygen atoms in total. The Morgan fingerprint density at radius 3 is 2.92 bits per heavy atom. The van der Waals surface area contributed by atoms with E-state index in [-0.39, 0.29) is 0 Å². The van der Waals surface area contributed by atoms with E-state index in [1.54, 1.807) is 11.3 Å². The molecule has 0 aliphatic carbocycles. The lowest BCUT2D eigenvalue weighted by molar-refractivity contribution is 1.47. The van der Waals surface area contributed by atoms with Crippen molar-refractivity contribution in [3.8, 4) is 0 Å². The Morgan fingerprint density at radius 1 is 1.46 bits per heavy atom. The first-order valence-corrected chi connectivity index (χ1v) is 6.81. The molecule has 68 valence electrons. The quantitative estimate of drug-likeness (QED) is 0.460. The van der Waals surface area contributed by atoms with Crippen LogP contribution in [0.1, 0.15) is 5.56 Å². The Bertz CT molecular complexity index is 452. The van der Waals surface area contributed by atoms with Crippen LogP contribution >= 0.6 is 49.9 Å². The summed E-state index contributed by atoms with van der Waals surface area (Å²) in [6.07, 6.45) is 0. The van der Waals surface area contributed by atoms with E-state index in [0.29, 0.717) is 0 Å². The summed E-state index contributed by atoms with van der Waals surface area (Å²) in [5.74, 6) is 0. The summed E-state index contributed by atoms with van der Waals surface area (Å²) in [6.45, 7) is 0. The van der Waals surface area contributed by atoms with Gasteiger partial charge in [-0.25, -0.2) is 0 Å². The zero-order chi connectivity index (χ0) is 9.42. The molecule has 2 aromatic rings. The van der Waals surface area contributed by atoms with Gasteiger partial charge in [-0.05, 0) is 40.3 Å². The van der Waals surface area contributed by atoms with Crippen LogP contribution in [0.25, 0.3) is 10.1 Å². The maximum Gasteiger partial charge on any atom is 0.0583 e.